The van der Waals surface area contributed by atoms with Gasteiger partial charge in [-0.3, -0.25) is 4.79 Å². The first kappa shape index (κ1) is 17.2. The Bertz CT molecular complexity index is 832. The molecule has 27 heavy (non-hydrogen) atoms. The molecule has 7 nitrogen and oxygen atoms in total. The lowest BCUT2D eigenvalue weighted by atomic mass is 10.2. The summed E-state index contributed by atoms with van der Waals surface area (Å²) in [5, 5.41) is 0. The van der Waals surface area contributed by atoms with Crippen molar-refractivity contribution in [2.24, 2.45) is 0 Å². The van der Waals surface area contributed by atoms with Crippen LogP contribution in [0.15, 0.2) is 48.5 Å². The summed E-state index contributed by atoms with van der Waals surface area (Å²) in [5.74, 6) is 0.369. The minimum atomic E-state index is -0.551. The van der Waals surface area contributed by atoms with Crippen LogP contribution >= 0.6 is 0 Å². The van der Waals surface area contributed by atoms with Gasteiger partial charge in [-0.05, 0) is 30.3 Å². The molecule has 0 saturated carbocycles. The van der Waals surface area contributed by atoms with E-state index in [2.05, 4.69) is 17.0 Å². The SMILES string of the molecule is O=C(OCC(=O)N1CCN(c2ccccc2)CC1)c1ccc2c(c1)OCO2. The highest BCUT2D eigenvalue weighted by Gasteiger charge is 2.23. The van der Waals surface area contributed by atoms with Crippen molar-refractivity contribution in [3.8, 4) is 11.5 Å². The number of ether oxygens (including phenoxy) is 3. The summed E-state index contributed by atoms with van der Waals surface area (Å²) in [4.78, 5) is 28.5. The Hall–Kier alpha value is -3.22. The van der Waals surface area contributed by atoms with E-state index in [9.17, 15) is 9.59 Å². The normalized spacial score (nSPS) is 15.6. The van der Waals surface area contributed by atoms with Gasteiger partial charge in [-0.2, -0.15) is 0 Å². The van der Waals surface area contributed by atoms with Crippen molar-refractivity contribution in [2.45, 2.75) is 0 Å². The van der Waals surface area contributed by atoms with Gasteiger partial charge in [0.1, 0.15) is 0 Å². The van der Waals surface area contributed by atoms with Crippen molar-refractivity contribution in [3.63, 3.8) is 0 Å². The highest BCUT2D eigenvalue weighted by atomic mass is 16.7. The van der Waals surface area contributed by atoms with E-state index in [1.165, 1.54) is 0 Å². The summed E-state index contributed by atoms with van der Waals surface area (Å²) < 4.78 is 15.6. The fourth-order valence-corrected chi connectivity index (χ4v) is 3.18. The van der Waals surface area contributed by atoms with Gasteiger partial charge in [0.15, 0.2) is 18.1 Å². The van der Waals surface area contributed by atoms with Crippen molar-refractivity contribution >= 4 is 17.6 Å². The molecule has 0 bridgehead atoms. The molecular weight excluding hydrogens is 348 g/mol. The van der Waals surface area contributed by atoms with Crippen LogP contribution in [0.3, 0.4) is 0 Å². The number of hydrogen-bond acceptors (Lipinski definition) is 6. The van der Waals surface area contributed by atoms with Crippen LogP contribution in [0.2, 0.25) is 0 Å². The van der Waals surface area contributed by atoms with Crippen molar-refractivity contribution in [1.29, 1.82) is 0 Å². The van der Waals surface area contributed by atoms with Gasteiger partial charge in [-0.15, -0.1) is 0 Å². The number of nitrogens with zero attached hydrogens (tertiary/aromatic N) is 2. The molecule has 0 radical (unpaired) electrons. The summed E-state index contributed by atoms with van der Waals surface area (Å²) >= 11 is 0. The number of anilines is 1. The molecule has 0 aliphatic carbocycles. The van der Waals surface area contributed by atoms with E-state index < -0.39 is 5.97 Å². The topological polar surface area (TPSA) is 68.3 Å². The van der Waals surface area contributed by atoms with E-state index in [1.807, 2.05) is 18.2 Å². The second-order valence-corrected chi connectivity index (χ2v) is 6.35. The third-order valence-corrected chi connectivity index (χ3v) is 4.69. The van der Waals surface area contributed by atoms with Gasteiger partial charge >= 0.3 is 5.97 Å². The zero-order valence-corrected chi connectivity index (χ0v) is 14.8. The zero-order chi connectivity index (χ0) is 18.6. The van der Waals surface area contributed by atoms with Gasteiger partial charge in [0, 0.05) is 31.9 Å². The smallest absolute Gasteiger partial charge is 0.338 e. The number of benzene rings is 2. The van der Waals surface area contributed by atoms with E-state index in [1.54, 1.807) is 23.1 Å². The Kier molecular flexibility index (Phi) is 4.82. The van der Waals surface area contributed by atoms with Crippen molar-refractivity contribution in [3.05, 3.63) is 54.1 Å². The molecule has 2 aliphatic heterocycles. The van der Waals surface area contributed by atoms with Crippen molar-refractivity contribution in [2.75, 3.05) is 44.5 Å². The van der Waals surface area contributed by atoms with Gasteiger partial charge < -0.3 is 24.0 Å². The fourth-order valence-electron chi connectivity index (χ4n) is 3.18. The summed E-state index contributed by atoms with van der Waals surface area (Å²) in [7, 11) is 0. The summed E-state index contributed by atoms with van der Waals surface area (Å²) in [5.41, 5.74) is 1.49. The first-order valence-corrected chi connectivity index (χ1v) is 8.85. The van der Waals surface area contributed by atoms with E-state index in [0.29, 0.717) is 30.2 Å². The van der Waals surface area contributed by atoms with Crippen LogP contribution in [0, 0.1) is 0 Å². The van der Waals surface area contributed by atoms with Crippen LogP contribution in [-0.4, -0.2) is 56.4 Å². The Balaban J connectivity index is 1.27. The summed E-state index contributed by atoms with van der Waals surface area (Å²) in [6.07, 6.45) is 0. The number of fused-ring (bicyclic) bond motifs is 1. The number of para-hydroxylation sites is 1. The van der Waals surface area contributed by atoms with Gasteiger partial charge in [0.05, 0.1) is 5.56 Å². The maximum atomic E-state index is 12.3. The molecule has 1 amide bonds. The molecular formula is C20H20N2O5. The van der Waals surface area contributed by atoms with Crippen LogP contribution in [0.1, 0.15) is 10.4 Å². The van der Waals surface area contributed by atoms with Crippen LogP contribution in [0.5, 0.6) is 11.5 Å². The second-order valence-electron chi connectivity index (χ2n) is 6.35. The molecule has 2 aromatic carbocycles. The standard InChI is InChI=1S/C20H20N2O5/c23-19(22-10-8-21(9-11-22)16-4-2-1-3-5-16)13-25-20(24)15-6-7-17-18(12-15)27-14-26-17/h1-7,12H,8-11,13-14H2. The molecule has 1 fully saturated rings. The van der Waals surface area contributed by atoms with Crippen molar-refractivity contribution < 1.29 is 23.8 Å². The maximum Gasteiger partial charge on any atom is 0.338 e. The van der Waals surface area contributed by atoms with E-state index in [0.717, 1.165) is 18.8 Å². The quantitative estimate of drug-likeness (QED) is 0.768. The molecule has 2 heterocycles. The molecule has 0 spiro atoms. The monoisotopic (exact) mass is 368 g/mol. The Labute approximate surface area is 157 Å². The van der Waals surface area contributed by atoms with E-state index in [4.69, 9.17) is 14.2 Å². The minimum Gasteiger partial charge on any atom is -0.454 e. The van der Waals surface area contributed by atoms with Crippen LogP contribution in [0.25, 0.3) is 0 Å². The molecule has 7 heteroatoms. The molecule has 0 atom stereocenters. The predicted molar refractivity (Wildman–Crippen MR) is 98.1 cm³/mol. The largest absolute Gasteiger partial charge is 0.454 e. The Morgan fingerprint density at radius 2 is 1.67 bits per heavy atom. The zero-order valence-electron chi connectivity index (χ0n) is 14.8. The lowest BCUT2D eigenvalue weighted by Crippen LogP contribution is -2.49. The maximum absolute atomic E-state index is 12.3. The number of hydrogen-bond donors (Lipinski definition) is 0. The Morgan fingerprint density at radius 3 is 2.44 bits per heavy atom. The molecule has 2 aliphatic rings. The molecule has 0 unspecified atom stereocenters. The number of piperazine rings is 1. The van der Waals surface area contributed by atoms with Gasteiger partial charge in [-0.1, -0.05) is 18.2 Å². The van der Waals surface area contributed by atoms with Gasteiger partial charge in [-0.25, -0.2) is 4.79 Å². The Morgan fingerprint density at radius 1 is 0.926 bits per heavy atom. The lowest BCUT2D eigenvalue weighted by Gasteiger charge is -2.36. The fraction of sp³-hybridized carbons (Fsp3) is 0.300. The molecule has 1 saturated heterocycles. The molecule has 0 N–H and O–H groups in total. The molecule has 140 valence electrons. The molecule has 0 aromatic heterocycles. The van der Waals surface area contributed by atoms with E-state index in [-0.39, 0.29) is 19.3 Å². The first-order valence-electron chi connectivity index (χ1n) is 8.85. The molecule has 2 aromatic rings. The van der Waals surface area contributed by atoms with Gasteiger partial charge in [0.2, 0.25) is 6.79 Å². The third-order valence-electron chi connectivity index (χ3n) is 4.69. The second kappa shape index (κ2) is 7.57. The predicted octanol–water partition coefficient (Wildman–Crippen LogP) is 1.92. The average molecular weight is 368 g/mol. The number of esters is 1. The highest BCUT2D eigenvalue weighted by molar-refractivity contribution is 5.92. The average Bonchev–Trinajstić information content (AvgIpc) is 3.20. The van der Waals surface area contributed by atoms with Crippen LogP contribution in [0.4, 0.5) is 5.69 Å². The van der Waals surface area contributed by atoms with Crippen LogP contribution < -0.4 is 14.4 Å². The number of amides is 1. The molecule has 4 rings (SSSR count). The minimum absolute atomic E-state index is 0.140. The number of carbonyl (C=O) groups is 2. The first-order chi connectivity index (χ1) is 13.2. The van der Waals surface area contributed by atoms with Crippen LogP contribution in [-0.2, 0) is 9.53 Å². The lowest BCUT2D eigenvalue weighted by molar-refractivity contribution is -0.134. The third kappa shape index (κ3) is 3.81. The number of carbonyl (C=O) groups excluding carboxylic acids is 2. The summed E-state index contributed by atoms with van der Waals surface area (Å²) in [6, 6.07) is 14.9. The summed E-state index contributed by atoms with van der Waals surface area (Å²) in [6.45, 7) is 2.60. The highest BCUT2D eigenvalue weighted by Crippen LogP contribution is 2.32. The van der Waals surface area contributed by atoms with Gasteiger partial charge in [0.25, 0.3) is 5.91 Å². The number of rotatable bonds is 4. The van der Waals surface area contributed by atoms with Crippen molar-refractivity contribution in [1.82, 2.24) is 4.90 Å². The van der Waals surface area contributed by atoms with E-state index >= 15 is 0 Å².